The van der Waals surface area contributed by atoms with Gasteiger partial charge in [-0.2, -0.15) is 0 Å². The third-order valence-corrected chi connectivity index (χ3v) is 5.14. The number of hydrogen-bond acceptors (Lipinski definition) is 3. The molecule has 2 nitrogen and oxygen atoms in total. The molecule has 1 unspecified atom stereocenters. The SMILES string of the molecule is COc1ccccc1CC(N)c1cc(C)c(Br)s1. The van der Waals surface area contributed by atoms with Crippen LogP contribution in [0.15, 0.2) is 34.1 Å². The Morgan fingerprint density at radius 1 is 1.39 bits per heavy atom. The molecule has 1 atom stereocenters. The summed E-state index contributed by atoms with van der Waals surface area (Å²) >= 11 is 5.24. The molecule has 0 spiro atoms. The van der Waals surface area contributed by atoms with Crippen molar-refractivity contribution in [3.63, 3.8) is 0 Å². The first kappa shape index (κ1) is 13.6. The van der Waals surface area contributed by atoms with Crippen molar-refractivity contribution in [2.24, 2.45) is 5.73 Å². The fourth-order valence-corrected chi connectivity index (χ4v) is 3.45. The lowest BCUT2D eigenvalue weighted by Crippen LogP contribution is -2.12. The van der Waals surface area contributed by atoms with E-state index in [0.29, 0.717) is 0 Å². The average Bonchev–Trinajstić information content (AvgIpc) is 2.70. The van der Waals surface area contributed by atoms with E-state index in [2.05, 4.69) is 35.0 Å². The second-order valence-corrected chi connectivity index (χ2v) is 6.63. The summed E-state index contributed by atoms with van der Waals surface area (Å²) in [5.41, 5.74) is 8.66. The number of nitrogens with two attached hydrogens (primary N) is 1. The molecule has 1 aromatic heterocycles. The van der Waals surface area contributed by atoms with E-state index < -0.39 is 0 Å². The summed E-state index contributed by atoms with van der Waals surface area (Å²) in [6, 6.07) is 10.2. The van der Waals surface area contributed by atoms with E-state index in [1.807, 2.05) is 18.2 Å². The Bertz CT molecular complexity index is 519. The Morgan fingerprint density at radius 3 is 2.72 bits per heavy atom. The van der Waals surface area contributed by atoms with Crippen LogP contribution in [0.3, 0.4) is 0 Å². The zero-order chi connectivity index (χ0) is 13.1. The molecule has 0 saturated heterocycles. The molecule has 0 aliphatic heterocycles. The monoisotopic (exact) mass is 325 g/mol. The Morgan fingerprint density at radius 2 is 2.11 bits per heavy atom. The highest BCUT2D eigenvalue weighted by molar-refractivity contribution is 9.11. The number of thiophene rings is 1. The molecule has 0 aliphatic carbocycles. The predicted octanol–water partition coefficient (Wildman–Crippen LogP) is 4.07. The van der Waals surface area contributed by atoms with E-state index in [0.717, 1.165) is 21.5 Å². The molecule has 2 N–H and O–H groups in total. The zero-order valence-electron chi connectivity index (χ0n) is 10.4. The van der Waals surface area contributed by atoms with Crippen LogP contribution in [-0.4, -0.2) is 7.11 Å². The Balaban J connectivity index is 2.18. The zero-order valence-corrected chi connectivity index (χ0v) is 12.8. The van der Waals surface area contributed by atoms with Gasteiger partial charge in [-0.25, -0.2) is 0 Å². The van der Waals surface area contributed by atoms with Gasteiger partial charge < -0.3 is 10.5 Å². The van der Waals surface area contributed by atoms with Crippen molar-refractivity contribution < 1.29 is 4.74 Å². The molecule has 1 heterocycles. The van der Waals surface area contributed by atoms with Crippen molar-refractivity contribution >= 4 is 27.3 Å². The Hall–Kier alpha value is -0.840. The summed E-state index contributed by atoms with van der Waals surface area (Å²) in [7, 11) is 1.69. The maximum atomic E-state index is 6.27. The molecule has 18 heavy (non-hydrogen) atoms. The lowest BCUT2D eigenvalue weighted by molar-refractivity contribution is 0.408. The van der Waals surface area contributed by atoms with Crippen LogP contribution in [0.2, 0.25) is 0 Å². The fourth-order valence-electron chi connectivity index (χ4n) is 1.88. The van der Waals surface area contributed by atoms with Gasteiger partial charge in [0.25, 0.3) is 0 Å². The molecule has 2 rings (SSSR count). The molecule has 0 bridgehead atoms. The highest BCUT2D eigenvalue weighted by Crippen LogP contribution is 2.32. The molecule has 96 valence electrons. The Kier molecular flexibility index (Phi) is 4.43. The van der Waals surface area contributed by atoms with Crippen LogP contribution >= 0.6 is 27.3 Å². The summed E-state index contributed by atoms with van der Waals surface area (Å²) in [5.74, 6) is 0.903. The minimum absolute atomic E-state index is 0.0105. The van der Waals surface area contributed by atoms with Crippen molar-refractivity contribution in [3.8, 4) is 5.75 Å². The van der Waals surface area contributed by atoms with Crippen molar-refractivity contribution in [2.75, 3.05) is 7.11 Å². The van der Waals surface area contributed by atoms with Crippen LogP contribution in [0.25, 0.3) is 0 Å². The van der Waals surface area contributed by atoms with E-state index in [-0.39, 0.29) is 6.04 Å². The third-order valence-electron chi connectivity index (χ3n) is 2.87. The van der Waals surface area contributed by atoms with Crippen LogP contribution < -0.4 is 10.5 Å². The summed E-state index contributed by atoms with van der Waals surface area (Å²) in [5, 5.41) is 0. The number of rotatable bonds is 4. The van der Waals surface area contributed by atoms with Crippen LogP contribution in [0, 0.1) is 6.92 Å². The molecule has 4 heteroatoms. The van der Waals surface area contributed by atoms with E-state index in [9.17, 15) is 0 Å². The van der Waals surface area contributed by atoms with Gasteiger partial charge >= 0.3 is 0 Å². The molecule has 0 amide bonds. The summed E-state index contributed by atoms with van der Waals surface area (Å²) in [4.78, 5) is 1.20. The molecular weight excluding hydrogens is 310 g/mol. The van der Waals surface area contributed by atoms with Crippen molar-refractivity contribution in [2.45, 2.75) is 19.4 Å². The smallest absolute Gasteiger partial charge is 0.122 e. The minimum Gasteiger partial charge on any atom is -0.496 e. The van der Waals surface area contributed by atoms with E-state index in [1.54, 1.807) is 18.4 Å². The number of benzene rings is 1. The number of para-hydroxylation sites is 1. The summed E-state index contributed by atoms with van der Waals surface area (Å²) in [6.07, 6.45) is 0.788. The van der Waals surface area contributed by atoms with Crippen molar-refractivity contribution in [1.29, 1.82) is 0 Å². The van der Waals surface area contributed by atoms with Crippen LogP contribution in [-0.2, 0) is 6.42 Å². The van der Waals surface area contributed by atoms with Gasteiger partial charge in [0, 0.05) is 10.9 Å². The molecule has 2 aromatic rings. The number of aryl methyl sites for hydroxylation is 1. The fraction of sp³-hybridized carbons (Fsp3) is 0.286. The number of halogens is 1. The van der Waals surface area contributed by atoms with Gasteiger partial charge in [0.15, 0.2) is 0 Å². The van der Waals surface area contributed by atoms with Gasteiger partial charge in [-0.05, 0) is 52.5 Å². The topological polar surface area (TPSA) is 35.2 Å². The molecule has 0 radical (unpaired) electrons. The summed E-state index contributed by atoms with van der Waals surface area (Å²) < 4.78 is 6.51. The molecule has 0 fully saturated rings. The second kappa shape index (κ2) is 5.87. The second-order valence-electron chi connectivity index (χ2n) is 4.23. The quantitative estimate of drug-likeness (QED) is 0.919. The van der Waals surface area contributed by atoms with Gasteiger partial charge in [0.1, 0.15) is 5.75 Å². The molecule has 0 saturated carbocycles. The van der Waals surface area contributed by atoms with Crippen LogP contribution in [0.4, 0.5) is 0 Å². The first-order chi connectivity index (χ1) is 8.61. The number of methoxy groups -OCH3 is 1. The normalized spacial score (nSPS) is 12.4. The van der Waals surface area contributed by atoms with E-state index >= 15 is 0 Å². The van der Waals surface area contributed by atoms with Gasteiger partial charge in [-0.3, -0.25) is 0 Å². The van der Waals surface area contributed by atoms with Crippen LogP contribution in [0.5, 0.6) is 5.75 Å². The lowest BCUT2D eigenvalue weighted by Gasteiger charge is -2.12. The third kappa shape index (κ3) is 2.94. The maximum Gasteiger partial charge on any atom is 0.122 e. The average molecular weight is 326 g/mol. The standard InChI is InChI=1S/C14H16BrNOS/c1-9-7-13(18-14(9)15)11(16)8-10-5-3-4-6-12(10)17-2/h3-7,11H,8,16H2,1-2H3. The van der Waals surface area contributed by atoms with Gasteiger partial charge in [0.05, 0.1) is 10.9 Å². The van der Waals surface area contributed by atoms with E-state index in [4.69, 9.17) is 10.5 Å². The minimum atomic E-state index is 0.0105. The first-order valence-electron chi connectivity index (χ1n) is 5.75. The van der Waals surface area contributed by atoms with Crippen LogP contribution in [0.1, 0.15) is 22.0 Å². The van der Waals surface area contributed by atoms with Crippen molar-refractivity contribution in [3.05, 3.63) is 50.1 Å². The van der Waals surface area contributed by atoms with Gasteiger partial charge in [-0.1, -0.05) is 18.2 Å². The molecule has 0 aliphatic rings. The van der Waals surface area contributed by atoms with Crippen molar-refractivity contribution in [1.82, 2.24) is 0 Å². The highest BCUT2D eigenvalue weighted by atomic mass is 79.9. The van der Waals surface area contributed by atoms with Gasteiger partial charge in [-0.15, -0.1) is 11.3 Å². The molecule has 1 aromatic carbocycles. The summed E-state index contributed by atoms with van der Waals surface area (Å²) in [6.45, 7) is 2.08. The first-order valence-corrected chi connectivity index (χ1v) is 7.36. The number of hydrogen-bond donors (Lipinski definition) is 1. The Labute approximate surface area is 120 Å². The lowest BCUT2D eigenvalue weighted by atomic mass is 10.0. The number of ether oxygens (including phenoxy) is 1. The largest absolute Gasteiger partial charge is 0.496 e. The molecular formula is C14H16BrNOS. The maximum absolute atomic E-state index is 6.27. The predicted molar refractivity (Wildman–Crippen MR) is 80.4 cm³/mol. The highest BCUT2D eigenvalue weighted by Gasteiger charge is 2.13. The van der Waals surface area contributed by atoms with E-state index in [1.165, 1.54) is 10.4 Å². The van der Waals surface area contributed by atoms with Gasteiger partial charge in [0.2, 0.25) is 0 Å².